The summed E-state index contributed by atoms with van der Waals surface area (Å²) in [6.45, 7) is 2.77. The monoisotopic (exact) mass is 209 g/mol. The van der Waals surface area contributed by atoms with Crippen LogP contribution in [-0.2, 0) is 6.54 Å². The smallest absolute Gasteiger partial charge is 0.142 e. The Bertz CT molecular complexity index is 493. The van der Waals surface area contributed by atoms with Crippen molar-refractivity contribution in [3.63, 3.8) is 0 Å². The highest BCUT2D eigenvalue weighted by Gasteiger charge is 2.10. The number of nitrogens with one attached hydrogen (secondary N) is 1. The minimum absolute atomic E-state index is 0. The number of halogens is 1. The van der Waals surface area contributed by atoms with Crippen molar-refractivity contribution in [2.45, 2.75) is 13.5 Å². The largest absolute Gasteiger partial charge is 0.343 e. The highest BCUT2D eigenvalue weighted by atomic mass is 19.1. The van der Waals surface area contributed by atoms with Crippen molar-refractivity contribution in [1.82, 2.24) is 14.9 Å². The number of hydrogen-bond donors (Lipinski definition) is 1. The maximum atomic E-state index is 13.1. The molecule has 0 unspecified atom stereocenters. The zero-order valence-corrected chi connectivity index (χ0v) is 9.13. The number of H-pyrrole nitrogens is 1. The van der Waals surface area contributed by atoms with Crippen molar-refractivity contribution >= 4 is 11.0 Å². The van der Waals surface area contributed by atoms with E-state index < -0.39 is 0 Å². The topological polar surface area (TPSA) is 31.9 Å². The first-order valence-corrected chi connectivity index (χ1v) is 4.85. The van der Waals surface area contributed by atoms with E-state index in [0.29, 0.717) is 0 Å². The molecule has 2 rings (SSSR count). The molecule has 0 bridgehead atoms. The zero-order chi connectivity index (χ0) is 11.0. The summed E-state index contributed by atoms with van der Waals surface area (Å²) in [4.78, 5) is 9.23. The van der Waals surface area contributed by atoms with Crippen molar-refractivity contribution in [1.29, 1.82) is 0 Å². The van der Waals surface area contributed by atoms with Crippen LogP contribution < -0.4 is 0 Å². The van der Waals surface area contributed by atoms with Gasteiger partial charge in [0.2, 0.25) is 0 Å². The highest BCUT2D eigenvalue weighted by Crippen LogP contribution is 2.21. The third-order valence-electron chi connectivity index (χ3n) is 2.41. The molecule has 2 aromatic rings. The second-order valence-electron chi connectivity index (χ2n) is 4.02. The van der Waals surface area contributed by atoms with Gasteiger partial charge >= 0.3 is 0 Å². The molecule has 0 fully saturated rings. The Hall–Kier alpha value is -1.42. The van der Waals surface area contributed by atoms with Crippen LogP contribution in [0.25, 0.3) is 11.0 Å². The van der Waals surface area contributed by atoms with Crippen LogP contribution in [0.1, 0.15) is 12.7 Å². The molecule has 82 valence electrons. The molecule has 4 heteroatoms. The molecule has 1 N–H and O–H groups in total. The molecule has 0 aliphatic heterocycles. The Morgan fingerprint density at radius 3 is 2.93 bits per heavy atom. The van der Waals surface area contributed by atoms with E-state index in [9.17, 15) is 4.39 Å². The first kappa shape index (κ1) is 10.1. The normalized spacial score (nSPS) is 11.5. The fraction of sp³-hybridized carbons (Fsp3) is 0.364. The van der Waals surface area contributed by atoms with E-state index in [4.69, 9.17) is 0 Å². The molecule has 15 heavy (non-hydrogen) atoms. The summed E-state index contributed by atoms with van der Waals surface area (Å²) in [6, 6.07) is 1.53. The standard InChI is InChI=1S/C11H14FN3.H2/c1-7-10(6-15(2)3)9-4-8(12)5-13-11(9)14-7;/h4-5H,6H2,1-3H3,(H,13,14);1H. The molecule has 2 aromatic heterocycles. The average Bonchev–Trinajstić information content (AvgIpc) is 2.43. The molecule has 0 radical (unpaired) electrons. The lowest BCUT2D eigenvalue weighted by Gasteiger charge is -2.09. The van der Waals surface area contributed by atoms with Crippen molar-refractivity contribution in [3.8, 4) is 0 Å². The van der Waals surface area contributed by atoms with Crippen LogP contribution in [0.4, 0.5) is 4.39 Å². The first-order valence-electron chi connectivity index (χ1n) is 4.85. The van der Waals surface area contributed by atoms with E-state index in [1.807, 2.05) is 21.0 Å². The lowest BCUT2D eigenvalue weighted by atomic mass is 10.1. The minimum atomic E-state index is -0.290. The fourth-order valence-corrected chi connectivity index (χ4v) is 1.74. The second-order valence-corrected chi connectivity index (χ2v) is 4.02. The van der Waals surface area contributed by atoms with Crippen LogP contribution in [0.2, 0.25) is 0 Å². The van der Waals surface area contributed by atoms with Gasteiger partial charge in [-0.05, 0) is 32.6 Å². The summed E-state index contributed by atoms with van der Waals surface area (Å²) in [7, 11) is 3.98. The van der Waals surface area contributed by atoms with Crippen molar-refractivity contribution in [2.75, 3.05) is 14.1 Å². The number of pyridine rings is 1. The number of aromatic amines is 1. The summed E-state index contributed by atoms with van der Waals surface area (Å²) in [5, 5.41) is 0.876. The van der Waals surface area contributed by atoms with E-state index >= 15 is 0 Å². The van der Waals surface area contributed by atoms with E-state index in [0.717, 1.165) is 28.8 Å². The molecule has 0 aliphatic rings. The minimum Gasteiger partial charge on any atom is -0.343 e. The molecule has 0 amide bonds. The average molecular weight is 209 g/mol. The van der Waals surface area contributed by atoms with Crippen LogP contribution in [0.3, 0.4) is 0 Å². The van der Waals surface area contributed by atoms with Gasteiger partial charge in [0, 0.05) is 19.1 Å². The Morgan fingerprint density at radius 2 is 2.27 bits per heavy atom. The van der Waals surface area contributed by atoms with Crippen molar-refractivity contribution < 1.29 is 5.82 Å². The summed E-state index contributed by atoms with van der Waals surface area (Å²) < 4.78 is 13.1. The predicted octanol–water partition coefficient (Wildman–Crippen LogP) is 2.32. The summed E-state index contributed by atoms with van der Waals surface area (Å²) in [6.07, 6.45) is 1.23. The van der Waals surface area contributed by atoms with Gasteiger partial charge in [0.15, 0.2) is 0 Å². The van der Waals surface area contributed by atoms with Gasteiger partial charge in [-0.25, -0.2) is 9.37 Å². The van der Waals surface area contributed by atoms with Gasteiger partial charge in [-0.2, -0.15) is 0 Å². The molecular formula is C11H16FN3. The van der Waals surface area contributed by atoms with E-state index in [-0.39, 0.29) is 7.24 Å². The predicted molar refractivity (Wildman–Crippen MR) is 60.3 cm³/mol. The molecule has 0 aliphatic carbocycles. The number of aromatic nitrogens is 2. The maximum absolute atomic E-state index is 13.1. The third-order valence-corrected chi connectivity index (χ3v) is 2.41. The van der Waals surface area contributed by atoms with E-state index in [2.05, 4.69) is 14.9 Å². The van der Waals surface area contributed by atoms with Gasteiger partial charge < -0.3 is 9.88 Å². The number of nitrogens with zero attached hydrogens (tertiary/aromatic N) is 2. The molecule has 0 atom stereocenters. The number of fused-ring (bicyclic) bond motifs is 1. The molecule has 0 saturated carbocycles. The van der Waals surface area contributed by atoms with Gasteiger partial charge in [0.05, 0.1) is 6.20 Å². The molecule has 3 nitrogen and oxygen atoms in total. The van der Waals surface area contributed by atoms with Crippen LogP contribution in [0.5, 0.6) is 0 Å². The van der Waals surface area contributed by atoms with Gasteiger partial charge in [0.1, 0.15) is 11.5 Å². The highest BCUT2D eigenvalue weighted by molar-refractivity contribution is 5.81. The van der Waals surface area contributed by atoms with Crippen LogP contribution in [-0.4, -0.2) is 29.0 Å². The summed E-state index contributed by atoms with van der Waals surface area (Å²) in [5.41, 5.74) is 2.92. The van der Waals surface area contributed by atoms with Crippen LogP contribution in [0, 0.1) is 12.7 Å². The zero-order valence-electron chi connectivity index (χ0n) is 9.13. The Labute approximate surface area is 89.4 Å². The number of hydrogen-bond acceptors (Lipinski definition) is 2. The third kappa shape index (κ3) is 1.85. The lowest BCUT2D eigenvalue weighted by Crippen LogP contribution is -2.11. The quantitative estimate of drug-likeness (QED) is 0.823. The first-order chi connectivity index (χ1) is 7.08. The Balaban J connectivity index is 0.00000128. The van der Waals surface area contributed by atoms with Gasteiger partial charge in [-0.1, -0.05) is 0 Å². The Kier molecular flexibility index (Phi) is 2.44. The van der Waals surface area contributed by atoms with Gasteiger partial charge in [-0.3, -0.25) is 0 Å². The Morgan fingerprint density at radius 1 is 1.53 bits per heavy atom. The van der Waals surface area contributed by atoms with Gasteiger partial charge in [-0.15, -0.1) is 0 Å². The summed E-state index contributed by atoms with van der Waals surface area (Å²) >= 11 is 0. The molecule has 0 aromatic carbocycles. The number of aryl methyl sites for hydroxylation is 1. The second kappa shape index (κ2) is 3.62. The molecule has 0 saturated heterocycles. The molecular weight excluding hydrogens is 193 g/mol. The molecule has 2 heterocycles. The van der Waals surface area contributed by atoms with Crippen molar-refractivity contribution in [2.24, 2.45) is 0 Å². The van der Waals surface area contributed by atoms with Gasteiger partial charge in [0.25, 0.3) is 0 Å². The van der Waals surface area contributed by atoms with Crippen molar-refractivity contribution in [3.05, 3.63) is 29.3 Å². The molecule has 0 spiro atoms. The summed E-state index contributed by atoms with van der Waals surface area (Å²) in [5.74, 6) is -0.290. The fourth-order valence-electron chi connectivity index (χ4n) is 1.74. The number of rotatable bonds is 2. The lowest BCUT2D eigenvalue weighted by molar-refractivity contribution is 0.403. The van der Waals surface area contributed by atoms with E-state index in [1.54, 1.807) is 0 Å². The van der Waals surface area contributed by atoms with Crippen LogP contribution in [0.15, 0.2) is 12.3 Å². The van der Waals surface area contributed by atoms with Crippen LogP contribution >= 0.6 is 0 Å². The van der Waals surface area contributed by atoms with E-state index in [1.165, 1.54) is 12.3 Å². The maximum Gasteiger partial charge on any atom is 0.142 e. The SMILES string of the molecule is Cc1[nH]c2ncc(F)cc2c1CN(C)C.[HH].